The summed E-state index contributed by atoms with van der Waals surface area (Å²) in [6.45, 7) is 4.37. The molecule has 1 aliphatic rings. The highest BCUT2D eigenvalue weighted by molar-refractivity contribution is 6.30. The zero-order chi connectivity index (χ0) is 22.7. The van der Waals surface area contributed by atoms with E-state index in [1.807, 2.05) is 12.1 Å². The lowest BCUT2D eigenvalue weighted by Crippen LogP contribution is -2.33. The fourth-order valence-corrected chi connectivity index (χ4v) is 4.16. The number of carbonyl (C=O) groups excluding carboxylic acids is 1. The van der Waals surface area contributed by atoms with E-state index in [0.717, 1.165) is 24.3 Å². The topological polar surface area (TPSA) is 58.4 Å². The first kappa shape index (κ1) is 22.1. The van der Waals surface area contributed by atoms with E-state index in [0.29, 0.717) is 17.3 Å². The second-order valence-electron chi connectivity index (χ2n) is 8.26. The molecule has 6 nitrogen and oxygen atoms in total. The maximum Gasteiger partial charge on any atom is 0.278 e. The van der Waals surface area contributed by atoms with Crippen molar-refractivity contribution in [3.8, 4) is 5.69 Å². The van der Waals surface area contributed by atoms with Gasteiger partial charge in [0.25, 0.3) is 5.91 Å². The van der Waals surface area contributed by atoms with Gasteiger partial charge in [-0.05, 0) is 68.1 Å². The summed E-state index contributed by atoms with van der Waals surface area (Å²) in [5.74, 6) is -0.405. The van der Waals surface area contributed by atoms with Crippen LogP contribution in [0.5, 0.6) is 0 Å². The van der Waals surface area contributed by atoms with Gasteiger partial charge < -0.3 is 9.80 Å². The van der Waals surface area contributed by atoms with Crippen LogP contribution in [0.1, 0.15) is 41.0 Å². The number of nitrogens with zero attached hydrogens (tertiary/aromatic N) is 4. The van der Waals surface area contributed by atoms with Crippen molar-refractivity contribution < 1.29 is 4.79 Å². The molecule has 0 N–H and O–H groups in total. The molecule has 1 fully saturated rings. The Labute approximate surface area is 193 Å². The highest BCUT2D eigenvalue weighted by atomic mass is 35.5. The average molecular weight is 451 g/mol. The van der Waals surface area contributed by atoms with Gasteiger partial charge in [-0.1, -0.05) is 23.7 Å². The number of amides is 1. The number of aryl methyl sites for hydroxylation is 1. The van der Waals surface area contributed by atoms with Crippen molar-refractivity contribution in [3.05, 3.63) is 86.8 Å². The third kappa shape index (κ3) is 4.86. The van der Waals surface area contributed by atoms with Gasteiger partial charge >= 0.3 is 0 Å². The molecule has 32 heavy (non-hydrogen) atoms. The van der Waals surface area contributed by atoms with Crippen molar-refractivity contribution in [2.75, 3.05) is 25.0 Å². The van der Waals surface area contributed by atoms with Gasteiger partial charge in [0.15, 0.2) is 5.69 Å². The third-order valence-corrected chi connectivity index (χ3v) is 6.06. The molecule has 0 atom stereocenters. The summed E-state index contributed by atoms with van der Waals surface area (Å²) in [6.07, 6.45) is 3.76. The summed E-state index contributed by atoms with van der Waals surface area (Å²) in [5, 5.41) is 4.98. The van der Waals surface area contributed by atoms with Crippen molar-refractivity contribution in [2.24, 2.45) is 0 Å². The Kier molecular flexibility index (Phi) is 6.61. The van der Waals surface area contributed by atoms with Crippen LogP contribution in [0.2, 0.25) is 5.02 Å². The van der Waals surface area contributed by atoms with Crippen LogP contribution >= 0.6 is 11.6 Å². The van der Waals surface area contributed by atoms with Crippen LogP contribution in [-0.2, 0) is 6.54 Å². The summed E-state index contributed by atoms with van der Waals surface area (Å²) >= 11 is 5.98. The van der Waals surface area contributed by atoms with E-state index in [4.69, 9.17) is 11.6 Å². The van der Waals surface area contributed by atoms with E-state index in [1.165, 1.54) is 35.9 Å². The SMILES string of the molecule is Cc1cc(=O)c(C(=O)N(C)Cc2ccc(N3CCCCC3)cc2)nn1-c1ccc(Cl)cc1. The van der Waals surface area contributed by atoms with Crippen molar-refractivity contribution in [1.29, 1.82) is 0 Å². The second-order valence-corrected chi connectivity index (χ2v) is 8.70. The van der Waals surface area contributed by atoms with Crippen LogP contribution in [0, 0.1) is 6.92 Å². The number of aromatic nitrogens is 2. The standard InChI is InChI=1S/C25H27ClN4O2/c1-18-16-23(31)24(27-30(18)22-12-8-20(26)9-13-22)25(32)28(2)17-19-6-10-21(11-7-19)29-14-4-3-5-15-29/h6-13,16H,3-5,14-15,17H2,1-2H3. The second kappa shape index (κ2) is 9.57. The van der Waals surface area contributed by atoms with Crippen molar-refractivity contribution >= 4 is 23.2 Å². The molecule has 0 spiro atoms. The van der Waals surface area contributed by atoms with Crippen LogP contribution in [-0.4, -0.2) is 40.7 Å². The quantitative estimate of drug-likeness (QED) is 0.576. The van der Waals surface area contributed by atoms with Gasteiger partial charge in [0.1, 0.15) is 0 Å². The van der Waals surface area contributed by atoms with E-state index in [2.05, 4.69) is 22.1 Å². The largest absolute Gasteiger partial charge is 0.372 e. The van der Waals surface area contributed by atoms with Crippen LogP contribution in [0.3, 0.4) is 0 Å². The summed E-state index contributed by atoms with van der Waals surface area (Å²) in [4.78, 5) is 29.5. The van der Waals surface area contributed by atoms with Gasteiger partial charge in [0.05, 0.1) is 5.69 Å². The third-order valence-electron chi connectivity index (χ3n) is 5.81. The Morgan fingerprint density at radius 1 is 1.00 bits per heavy atom. The molecule has 1 aliphatic heterocycles. The highest BCUT2D eigenvalue weighted by Crippen LogP contribution is 2.21. The Morgan fingerprint density at radius 3 is 2.28 bits per heavy atom. The molecule has 1 saturated heterocycles. The number of anilines is 1. The predicted molar refractivity (Wildman–Crippen MR) is 128 cm³/mol. The molecule has 2 aromatic carbocycles. The Balaban J connectivity index is 1.51. The Hall–Kier alpha value is -3.12. The molecule has 7 heteroatoms. The van der Waals surface area contributed by atoms with Crippen LogP contribution < -0.4 is 10.3 Å². The summed E-state index contributed by atoms with van der Waals surface area (Å²) in [7, 11) is 1.69. The zero-order valence-electron chi connectivity index (χ0n) is 18.4. The van der Waals surface area contributed by atoms with E-state index < -0.39 is 5.91 Å². The van der Waals surface area contributed by atoms with Crippen molar-refractivity contribution in [2.45, 2.75) is 32.7 Å². The molecule has 0 bridgehead atoms. The summed E-state index contributed by atoms with van der Waals surface area (Å²) in [5.41, 5.74) is 3.12. The zero-order valence-corrected chi connectivity index (χ0v) is 19.2. The molecule has 4 rings (SSSR count). The van der Waals surface area contributed by atoms with E-state index in [9.17, 15) is 9.59 Å². The molecule has 0 saturated carbocycles. The van der Waals surface area contributed by atoms with Gasteiger partial charge in [-0.25, -0.2) is 4.68 Å². The molecule has 0 unspecified atom stereocenters. The number of benzene rings is 2. The Morgan fingerprint density at radius 2 is 1.62 bits per heavy atom. The molecule has 1 aromatic heterocycles. The lowest BCUT2D eigenvalue weighted by Gasteiger charge is -2.29. The summed E-state index contributed by atoms with van der Waals surface area (Å²) in [6, 6.07) is 16.8. The molecule has 0 aliphatic carbocycles. The van der Waals surface area contributed by atoms with Gasteiger partial charge in [-0.15, -0.1) is 0 Å². The number of halogens is 1. The molecular formula is C25H27ClN4O2. The first-order chi connectivity index (χ1) is 15.4. The lowest BCUT2D eigenvalue weighted by atomic mass is 10.1. The minimum atomic E-state index is -0.405. The minimum absolute atomic E-state index is 0.0991. The first-order valence-corrected chi connectivity index (χ1v) is 11.3. The van der Waals surface area contributed by atoms with E-state index >= 15 is 0 Å². The number of hydrogen-bond acceptors (Lipinski definition) is 4. The maximum atomic E-state index is 13.1. The van der Waals surface area contributed by atoms with E-state index in [-0.39, 0.29) is 11.1 Å². The average Bonchev–Trinajstić information content (AvgIpc) is 2.80. The fraction of sp³-hybridized carbons (Fsp3) is 0.320. The maximum absolute atomic E-state index is 13.1. The monoisotopic (exact) mass is 450 g/mol. The van der Waals surface area contributed by atoms with Gasteiger partial charge in [0, 0.05) is 49.2 Å². The number of hydrogen-bond donors (Lipinski definition) is 0. The number of carbonyl (C=O) groups is 1. The molecule has 166 valence electrons. The normalized spacial score (nSPS) is 13.8. The Bertz CT molecular complexity index is 1150. The fourth-order valence-electron chi connectivity index (χ4n) is 4.03. The predicted octanol–water partition coefficient (Wildman–Crippen LogP) is 4.46. The van der Waals surface area contributed by atoms with Crippen molar-refractivity contribution in [3.63, 3.8) is 0 Å². The van der Waals surface area contributed by atoms with Gasteiger partial charge in [0.2, 0.25) is 5.43 Å². The molecule has 3 aromatic rings. The van der Waals surface area contributed by atoms with Crippen LogP contribution in [0.4, 0.5) is 5.69 Å². The van der Waals surface area contributed by atoms with Gasteiger partial charge in [-0.3, -0.25) is 9.59 Å². The van der Waals surface area contributed by atoms with Crippen LogP contribution in [0.25, 0.3) is 5.69 Å². The van der Waals surface area contributed by atoms with E-state index in [1.54, 1.807) is 42.9 Å². The minimum Gasteiger partial charge on any atom is -0.372 e. The first-order valence-electron chi connectivity index (χ1n) is 10.9. The number of piperidine rings is 1. The molecule has 0 radical (unpaired) electrons. The molecule has 2 heterocycles. The lowest BCUT2D eigenvalue weighted by molar-refractivity contribution is 0.0776. The molecule has 1 amide bonds. The highest BCUT2D eigenvalue weighted by Gasteiger charge is 2.20. The summed E-state index contributed by atoms with van der Waals surface area (Å²) < 4.78 is 1.59. The smallest absolute Gasteiger partial charge is 0.278 e. The number of rotatable bonds is 5. The molecular weight excluding hydrogens is 424 g/mol. The van der Waals surface area contributed by atoms with Crippen LogP contribution in [0.15, 0.2) is 59.4 Å². The van der Waals surface area contributed by atoms with Gasteiger partial charge in [-0.2, -0.15) is 5.10 Å². The van der Waals surface area contributed by atoms with Crippen molar-refractivity contribution in [1.82, 2.24) is 14.7 Å².